The lowest BCUT2D eigenvalue weighted by atomic mass is 10.1. The maximum absolute atomic E-state index is 13.2. The number of hydrogen-bond donors (Lipinski definition) is 0. The second-order valence-electron chi connectivity index (χ2n) is 6.19. The molecule has 4 nitrogen and oxygen atoms in total. The van der Waals surface area contributed by atoms with Crippen LogP contribution in [-0.4, -0.2) is 21.5 Å². The largest absolute Gasteiger partial charge is 0.486 e. The van der Waals surface area contributed by atoms with Crippen LogP contribution in [0.15, 0.2) is 60.9 Å². The minimum Gasteiger partial charge on any atom is -0.486 e. The maximum Gasteiger partial charge on any atom is 0.146 e. The molecule has 0 fully saturated rings. The highest BCUT2D eigenvalue weighted by atomic mass is 19.1. The summed E-state index contributed by atoms with van der Waals surface area (Å²) in [6, 6.07) is 14.8. The Kier molecular flexibility index (Phi) is 5.46. The average molecular weight is 339 g/mol. The second kappa shape index (κ2) is 7.94. The van der Waals surface area contributed by atoms with Crippen LogP contribution in [0.25, 0.3) is 0 Å². The van der Waals surface area contributed by atoms with Crippen molar-refractivity contribution in [1.29, 1.82) is 0 Å². The summed E-state index contributed by atoms with van der Waals surface area (Å²) in [7, 11) is 3.97. The van der Waals surface area contributed by atoms with Crippen LogP contribution in [0, 0.1) is 5.82 Å². The van der Waals surface area contributed by atoms with Gasteiger partial charge in [0.15, 0.2) is 0 Å². The summed E-state index contributed by atoms with van der Waals surface area (Å²) < 4.78 is 21.0. The fraction of sp³-hybridized carbons (Fsp3) is 0.250. The summed E-state index contributed by atoms with van der Waals surface area (Å²) in [6.07, 6.45) is 3.66. The molecule has 0 unspecified atom stereocenters. The number of ether oxygens (including phenoxy) is 1. The van der Waals surface area contributed by atoms with Gasteiger partial charge < -0.3 is 9.30 Å². The molecule has 25 heavy (non-hydrogen) atoms. The molecule has 5 heteroatoms. The van der Waals surface area contributed by atoms with Gasteiger partial charge in [-0.25, -0.2) is 9.37 Å². The topological polar surface area (TPSA) is 30.3 Å². The van der Waals surface area contributed by atoms with Gasteiger partial charge in [0.1, 0.15) is 24.0 Å². The van der Waals surface area contributed by atoms with Crippen molar-refractivity contribution >= 4 is 0 Å². The quantitative estimate of drug-likeness (QED) is 0.656. The number of aromatic nitrogens is 2. The summed E-state index contributed by atoms with van der Waals surface area (Å²) in [4.78, 5) is 6.39. The van der Waals surface area contributed by atoms with Crippen LogP contribution in [0.2, 0.25) is 0 Å². The molecule has 0 aliphatic rings. The average Bonchev–Trinajstić information content (AvgIpc) is 2.99. The van der Waals surface area contributed by atoms with Gasteiger partial charge in [-0.3, -0.25) is 4.90 Å². The summed E-state index contributed by atoms with van der Waals surface area (Å²) in [5.41, 5.74) is 2.15. The molecule has 0 spiro atoms. The first-order valence-electron chi connectivity index (χ1n) is 8.21. The first-order valence-corrected chi connectivity index (χ1v) is 8.21. The smallest absolute Gasteiger partial charge is 0.146 e. The number of halogens is 1. The van der Waals surface area contributed by atoms with Gasteiger partial charge >= 0.3 is 0 Å². The highest BCUT2D eigenvalue weighted by Gasteiger charge is 2.04. The molecule has 0 N–H and O–H groups in total. The van der Waals surface area contributed by atoms with E-state index in [-0.39, 0.29) is 5.82 Å². The highest BCUT2D eigenvalue weighted by Crippen LogP contribution is 2.16. The van der Waals surface area contributed by atoms with E-state index in [1.165, 1.54) is 11.6 Å². The summed E-state index contributed by atoms with van der Waals surface area (Å²) >= 11 is 0. The number of benzene rings is 2. The molecule has 2 aromatic carbocycles. The fourth-order valence-corrected chi connectivity index (χ4v) is 2.69. The van der Waals surface area contributed by atoms with E-state index in [4.69, 9.17) is 4.74 Å². The molecular formula is C20H22FN3O. The summed E-state index contributed by atoms with van der Waals surface area (Å²) in [5, 5.41) is 0. The van der Waals surface area contributed by atoms with E-state index in [1.54, 1.807) is 18.3 Å². The molecule has 1 aromatic heterocycles. The van der Waals surface area contributed by atoms with Gasteiger partial charge in [-0.05, 0) is 42.4 Å². The van der Waals surface area contributed by atoms with E-state index >= 15 is 0 Å². The van der Waals surface area contributed by atoms with Gasteiger partial charge in [-0.15, -0.1) is 0 Å². The molecule has 0 amide bonds. The van der Waals surface area contributed by atoms with E-state index in [2.05, 4.69) is 22.0 Å². The van der Waals surface area contributed by atoms with E-state index in [0.29, 0.717) is 13.2 Å². The molecule has 0 saturated carbocycles. The minimum absolute atomic E-state index is 0.194. The zero-order valence-electron chi connectivity index (χ0n) is 14.5. The lowest BCUT2D eigenvalue weighted by molar-refractivity contribution is 0.291. The van der Waals surface area contributed by atoms with Gasteiger partial charge in [0.05, 0.1) is 0 Å². The highest BCUT2D eigenvalue weighted by molar-refractivity contribution is 5.27. The molecule has 3 rings (SSSR count). The van der Waals surface area contributed by atoms with Crippen molar-refractivity contribution in [2.24, 2.45) is 7.05 Å². The van der Waals surface area contributed by atoms with E-state index < -0.39 is 0 Å². The van der Waals surface area contributed by atoms with Gasteiger partial charge in [0.2, 0.25) is 0 Å². The number of nitrogens with zero attached hydrogens (tertiary/aromatic N) is 3. The number of aryl methyl sites for hydroxylation is 1. The van der Waals surface area contributed by atoms with Crippen molar-refractivity contribution in [3.05, 3.63) is 83.7 Å². The van der Waals surface area contributed by atoms with Gasteiger partial charge in [0.25, 0.3) is 0 Å². The van der Waals surface area contributed by atoms with Gasteiger partial charge in [-0.2, -0.15) is 0 Å². The Hall–Kier alpha value is -2.66. The predicted molar refractivity (Wildman–Crippen MR) is 95.6 cm³/mol. The molecule has 0 aliphatic carbocycles. The van der Waals surface area contributed by atoms with Crippen LogP contribution in [-0.2, 0) is 26.7 Å². The minimum atomic E-state index is -0.194. The van der Waals surface area contributed by atoms with Gasteiger partial charge in [-0.1, -0.05) is 24.3 Å². The molecule has 0 aliphatic heterocycles. The predicted octanol–water partition coefficient (Wildman–Crippen LogP) is 3.77. The molecule has 3 aromatic rings. The first kappa shape index (κ1) is 17.2. The second-order valence-corrected chi connectivity index (χ2v) is 6.19. The Balaban J connectivity index is 1.52. The van der Waals surface area contributed by atoms with Crippen molar-refractivity contribution in [3.8, 4) is 5.75 Å². The van der Waals surface area contributed by atoms with Crippen LogP contribution < -0.4 is 4.74 Å². The zero-order chi connectivity index (χ0) is 17.6. The summed E-state index contributed by atoms with van der Waals surface area (Å²) in [6.45, 7) is 1.94. The molecule has 0 bridgehead atoms. The van der Waals surface area contributed by atoms with Crippen LogP contribution in [0.4, 0.5) is 4.39 Å². The van der Waals surface area contributed by atoms with Crippen LogP contribution >= 0.6 is 0 Å². The van der Waals surface area contributed by atoms with Crippen LogP contribution in [0.5, 0.6) is 5.75 Å². The molecule has 1 heterocycles. The van der Waals surface area contributed by atoms with E-state index in [1.807, 2.05) is 43.1 Å². The third-order valence-electron chi connectivity index (χ3n) is 4.01. The Bertz CT molecular complexity index is 814. The van der Waals surface area contributed by atoms with Crippen LogP contribution in [0.3, 0.4) is 0 Å². The van der Waals surface area contributed by atoms with Crippen molar-refractivity contribution in [2.45, 2.75) is 19.7 Å². The van der Waals surface area contributed by atoms with Crippen molar-refractivity contribution in [1.82, 2.24) is 14.5 Å². The van der Waals surface area contributed by atoms with Crippen molar-refractivity contribution in [3.63, 3.8) is 0 Å². The van der Waals surface area contributed by atoms with E-state index in [0.717, 1.165) is 23.7 Å². The monoisotopic (exact) mass is 339 g/mol. The molecule has 0 radical (unpaired) electrons. The van der Waals surface area contributed by atoms with Gasteiger partial charge in [0, 0.05) is 32.5 Å². The van der Waals surface area contributed by atoms with Crippen LogP contribution in [0.1, 0.15) is 17.0 Å². The molecular weight excluding hydrogens is 317 g/mol. The lowest BCUT2D eigenvalue weighted by Gasteiger charge is -2.17. The fourth-order valence-electron chi connectivity index (χ4n) is 2.69. The third kappa shape index (κ3) is 4.90. The summed E-state index contributed by atoms with van der Waals surface area (Å²) in [5.74, 6) is 1.51. The van der Waals surface area contributed by atoms with Crippen molar-refractivity contribution in [2.75, 3.05) is 7.05 Å². The van der Waals surface area contributed by atoms with E-state index in [9.17, 15) is 4.39 Å². The molecule has 0 atom stereocenters. The molecule has 130 valence electrons. The van der Waals surface area contributed by atoms with Crippen molar-refractivity contribution < 1.29 is 9.13 Å². The normalized spacial score (nSPS) is 11.0. The Morgan fingerprint density at radius 3 is 2.52 bits per heavy atom. The maximum atomic E-state index is 13.2. The Labute approximate surface area is 147 Å². The zero-order valence-corrected chi connectivity index (χ0v) is 14.5. The number of hydrogen-bond acceptors (Lipinski definition) is 3. The standard InChI is InChI=1S/C20H22FN3O/c1-23(14-17-4-3-5-18(21)12-17)13-16-6-8-19(9-7-16)25-15-20-22-10-11-24(20)2/h3-12H,13-15H2,1-2H3. The molecule has 0 saturated heterocycles. The number of imidazole rings is 1. The SMILES string of the molecule is CN(Cc1ccc(OCc2nccn2C)cc1)Cc1cccc(F)c1. The number of rotatable bonds is 7. The third-order valence-corrected chi connectivity index (χ3v) is 4.01. The first-order chi connectivity index (χ1) is 12.1. The Morgan fingerprint density at radius 1 is 1.08 bits per heavy atom. The lowest BCUT2D eigenvalue weighted by Crippen LogP contribution is -2.17. The Morgan fingerprint density at radius 2 is 1.84 bits per heavy atom.